The molecule has 0 aliphatic carbocycles. The van der Waals surface area contributed by atoms with Crippen LogP contribution in [0.15, 0.2) is 11.2 Å². The van der Waals surface area contributed by atoms with Crippen molar-refractivity contribution < 1.29 is 0 Å². The first-order chi connectivity index (χ1) is 11.1. The van der Waals surface area contributed by atoms with Gasteiger partial charge in [0.25, 0.3) is 0 Å². The summed E-state index contributed by atoms with van der Waals surface area (Å²) in [6.45, 7) is 12.2. The van der Waals surface area contributed by atoms with Crippen molar-refractivity contribution >= 4 is 41.3 Å². The molecule has 138 valence electrons. The summed E-state index contributed by atoms with van der Waals surface area (Å²) in [6, 6.07) is 0. The number of guanidine groups is 1. The van der Waals surface area contributed by atoms with Gasteiger partial charge in [0.2, 0.25) is 0 Å². The Balaban J connectivity index is 0.00000288. The van der Waals surface area contributed by atoms with Crippen molar-refractivity contribution in [2.75, 3.05) is 33.2 Å². The molecule has 7 heteroatoms. The highest BCUT2D eigenvalue weighted by molar-refractivity contribution is 14.0. The number of aromatic nitrogens is 1. The minimum atomic E-state index is 0. The van der Waals surface area contributed by atoms with Gasteiger partial charge in [-0.3, -0.25) is 4.99 Å². The smallest absolute Gasteiger partial charge is 0.191 e. The fourth-order valence-electron chi connectivity index (χ4n) is 3.35. The quantitative estimate of drug-likeness (QED) is 0.294. The van der Waals surface area contributed by atoms with Gasteiger partial charge in [0.05, 0.1) is 6.54 Å². The Morgan fingerprint density at radius 2 is 2.04 bits per heavy atom. The van der Waals surface area contributed by atoms with Gasteiger partial charge in [0, 0.05) is 37.8 Å². The summed E-state index contributed by atoms with van der Waals surface area (Å²) in [7, 11) is 1.82. The number of hydrogen-bond acceptors (Lipinski definition) is 4. The Labute approximate surface area is 167 Å². The molecule has 0 amide bonds. The molecule has 1 fully saturated rings. The van der Waals surface area contributed by atoms with E-state index in [0.717, 1.165) is 42.3 Å². The third kappa shape index (κ3) is 7.65. The van der Waals surface area contributed by atoms with Crippen molar-refractivity contribution in [1.29, 1.82) is 0 Å². The van der Waals surface area contributed by atoms with Gasteiger partial charge in [0.1, 0.15) is 5.01 Å². The van der Waals surface area contributed by atoms with Crippen molar-refractivity contribution in [3.8, 4) is 0 Å². The third-order valence-electron chi connectivity index (χ3n) is 4.19. The van der Waals surface area contributed by atoms with Crippen LogP contribution >= 0.6 is 35.3 Å². The molecule has 0 spiro atoms. The fraction of sp³-hybridized carbons (Fsp3) is 0.765. The maximum Gasteiger partial charge on any atom is 0.191 e. The van der Waals surface area contributed by atoms with E-state index in [1.807, 2.05) is 13.2 Å². The molecule has 1 aromatic heterocycles. The number of halogens is 1. The lowest BCUT2D eigenvalue weighted by Gasteiger charge is -2.35. The Morgan fingerprint density at radius 1 is 1.33 bits per heavy atom. The van der Waals surface area contributed by atoms with Crippen LogP contribution in [-0.4, -0.2) is 49.1 Å². The van der Waals surface area contributed by atoms with Crippen LogP contribution in [0.25, 0.3) is 0 Å². The SMILES string of the molecule is CN=C(NCCCN1CC(C)CC(C)C1)NCc1ncc(C)s1.I. The molecule has 1 aliphatic heterocycles. The number of likely N-dealkylation sites (tertiary alicyclic amines) is 1. The zero-order valence-corrected chi connectivity index (χ0v) is 18.5. The topological polar surface area (TPSA) is 52.6 Å². The number of piperidine rings is 1. The highest BCUT2D eigenvalue weighted by atomic mass is 127. The number of nitrogens with zero attached hydrogens (tertiary/aromatic N) is 3. The number of aliphatic imine (C=N–C) groups is 1. The summed E-state index contributed by atoms with van der Waals surface area (Å²) in [5, 5.41) is 7.82. The minimum Gasteiger partial charge on any atom is -0.356 e. The molecule has 1 aromatic rings. The zero-order chi connectivity index (χ0) is 16.7. The number of hydrogen-bond donors (Lipinski definition) is 2. The van der Waals surface area contributed by atoms with Crippen LogP contribution < -0.4 is 10.6 Å². The molecule has 2 atom stereocenters. The summed E-state index contributed by atoms with van der Waals surface area (Å²) in [6.07, 6.45) is 4.44. The fourth-order valence-corrected chi connectivity index (χ4v) is 4.07. The molecule has 24 heavy (non-hydrogen) atoms. The second kappa shape index (κ2) is 11.3. The van der Waals surface area contributed by atoms with Crippen molar-refractivity contribution in [2.24, 2.45) is 16.8 Å². The van der Waals surface area contributed by atoms with Crippen molar-refractivity contribution in [1.82, 2.24) is 20.5 Å². The molecule has 0 bridgehead atoms. The molecule has 1 aliphatic rings. The van der Waals surface area contributed by atoms with Crippen LogP contribution in [0.1, 0.15) is 36.6 Å². The molecule has 2 unspecified atom stereocenters. The third-order valence-corrected chi connectivity index (χ3v) is 5.10. The van der Waals surface area contributed by atoms with Crippen LogP contribution in [0, 0.1) is 18.8 Å². The van der Waals surface area contributed by atoms with E-state index >= 15 is 0 Å². The van der Waals surface area contributed by atoms with E-state index < -0.39 is 0 Å². The van der Waals surface area contributed by atoms with Gasteiger partial charge in [-0.15, -0.1) is 35.3 Å². The first-order valence-corrected chi connectivity index (χ1v) is 9.46. The number of aryl methyl sites for hydroxylation is 1. The molecule has 2 N–H and O–H groups in total. The average Bonchev–Trinajstić information content (AvgIpc) is 2.91. The molecule has 0 aromatic carbocycles. The van der Waals surface area contributed by atoms with Crippen LogP contribution in [0.2, 0.25) is 0 Å². The highest BCUT2D eigenvalue weighted by Gasteiger charge is 2.20. The molecule has 1 saturated heterocycles. The average molecular weight is 465 g/mol. The first-order valence-electron chi connectivity index (χ1n) is 8.65. The predicted octanol–water partition coefficient (Wildman–Crippen LogP) is 3.10. The lowest BCUT2D eigenvalue weighted by Crippen LogP contribution is -2.41. The van der Waals surface area contributed by atoms with E-state index in [-0.39, 0.29) is 24.0 Å². The summed E-state index contributed by atoms with van der Waals surface area (Å²) in [5.41, 5.74) is 0. The molecule has 0 radical (unpaired) electrons. The van der Waals surface area contributed by atoms with Gasteiger partial charge in [-0.05, 0) is 38.1 Å². The number of thiazole rings is 1. The maximum atomic E-state index is 4.36. The van der Waals surface area contributed by atoms with E-state index in [1.165, 1.54) is 30.9 Å². The first kappa shape index (κ1) is 21.6. The van der Waals surface area contributed by atoms with Gasteiger partial charge >= 0.3 is 0 Å². The molecule has 2 heterocycles. The summed E-state index contributed by atoms with van der Waals surface area (Å²) in [4.78, 5) is 12.5. The Morgan fingerprint density at radius 3 is 2.62 bits per heavy atom. The van der Waals surface area contributed by atoms with Gasteiger partial charge in [0.15, 0.2) is 5.96 Å². The lowest BCUT2D eigenvalue weighted by atomic mass is 9.92. The lowest BCUT2D eigenvalue weighted by molar-refractivity contribution is 0.140. The normalized spacial score (nSPS) is 22.1. The van der Waals surface area contributed by atoms with Crippen LogP contribution in [-0.2, 0) is 6.54 Å². The summed E-state index contributed by atoms with van der Waals surface area (Å²) in [5.74, 6) is 2.53. The van der Waals surface area contributed by atoms with E-state index in [1.54, 1.807) is 11.3 Å². The minimum absolute atomic E-state index is 0. The molecule has 2 rings (SSSR count). The van der Waals surface area contributed by atoms with Gasteiger partial charge in [-0.2, -0.15) is 0 Å². The Kier molecular flexibility index (Phi) is 10.1. The van der Waals surface area contributed by atoms with Crippen LogP contribution in [0.5, 0.6) is 0 Å². The second-order valence-corrected chi connectivity index (χ2v) is 8.10. The number of nitrogens with one attached hydrogen (secondary N) is 2. The standard InChI is InChI=1S/C17H31N5S.HI/c1-13-8-14(2)12-22(11-13)7-5-6-19-17(18-4)21-10-16-20-9-15(3)23-16;/h9,13-14H,5-8,10-12H2,1-4H3,(H2,18,19,21);1H. The second-order valence-electron chi connectivity index (χ2n) is 6.78. The van der Waals surface area contributed by atoms with Crippen LogP contribution in [0.3, 0.4) is 0 Å². The van der Waals surface area contributed by atoms with E-state index in [4.69, 9.17) is 0 Å². The zero-order valence-electron chi connectivity index (χ0n) is 15.3. The Hall–Kier alpha value is -0.410. The molecule has 5 nitrogen and oxygen atoms in total. The van der Waals surface area contributed by atoms with Gasteiger partial charge < -0.3 is 15.5 Å². The highest BCUT2D eigenvalue weighted by Crippen LogP contribution is 2.20. The summed E-state index contributed by atoms with van der Waals surface area (Å²) < 4.78 is 0. The monoisotopic (exact) mass is 465 g/mol. The van der Waals surface area contributed by atoms with E-state index in [0.29, 0.717) is 0 Å². The van der Waals surface area contributed by atoms with E-state index in [9.17, 15) is 0 Å². The van der Waals surface area contributed by atoms with Crippen molar-refractivity contribution in [3.05, 3.63) is 16.1 Å². The van der Waals surface area contributed by atoms with Crippen molar-refractivity contribution in [2.45, 2.75) is 40.2 Å². The molecular formula is C17H32IN5S. The van der Waals surface area contributed by atoms with E-state index in [2.05, 4.69) is 46.3 Å². The Bertz CT molecular complexity index is 495. The van der Waals surface area contributed by atoms with Crippen LogP contribution in [0.4, 0.5) is 0 Å². The number of rotatable bonds is 6. The molecule has 0 saturated carbocycles. The maximum absolute atomic E-state index is 4.36. The largest absolute Gasteiger partial charge is 0.356 e. The summed E-state index contributed by atoms with van der Waals surface area (Å²) >= 11 is 1.72. The molecular weight excluding hydrogens is 433 g/mol. The van der Waals surface area contributed by atoms with Gasteiger partial charge in [-0.1, -0.05) is 13.8 Å². The predicted molar refractivity (Wildman–Crippen MR) is 114 cm³/mol. The van der Waals surface area contributed by atoms with Gasteiger partial charge in [-0.25, -0.2) is 4.98 Å². The van der Waals surface area contributed by atoms with Crippen molar-refractivity contribution in [3.63, 3.8) is 0 Å².